The maximum absolute atomic E-state index is 4.19. The van der Waals surface area contributed by atoms with Crippen molar-refractivity contribution in [2.45, 2.75) is 39.4 Å². The normalized spacial score (nSPS) is 23.7. The molecule has 1 unspecified atom stereocenters. The molecule has 1 N–H and O–H groups in total. The molecule has 1 saturated heterocycles. The molecule has 1 atom stereocenters. The van der Waals surface area contributed by atoms with Gasteiger partial charge < -0.3 is 5.32 Å². The van der Waals surface area contributed by atoms with Crippen LogP contribution in [0.5, 0.6) is 0 Å². The Bertz CT molecular complexity index is 516. The molecule has 3 heteroatoms. The zero-order chi connectivity index (χ0) is 13.2. The predicted octanol–water partition coefficient (Wildman–Crippen LogP) is 2.87. The first-order valence-corrected chi connectivity index (χ1v) is 6.77. The van der Waals surface area contributed by atoms with E-state index in [9.17, 15) is 0 Å². The van der Waals surface area contributed by atoms with Crippen LogP contribution in [0.2, 0.25) is 0 Å². The van der Waals surface area contributed by atoms with Crippen molar-refractivity contribution in [3.8, 4) is 0 Å². The number of rotatable bonds is 2. The highest BCUT2D eigenvalue weighted by molar-refractivity contribution is 5.35. The van der Waals surface area contributed by atoms with Crippen molar-refractivity contribution < 1.29 is 0 Å². The van der Waals surface area contributed by atoms with Crippen molar-refractivity contribution >= 4 is 0 Å². The van der Waals surface area contributed by atoms with Crippen molar-refractivity contribution in [2.75, 3.05) is 0 Å². The summed E-state index contributed by atoms with van der Waals surface area (Å²) in [4.78, 5) is 6.46. The highest BCUT2D eigenvalue weighted by atomic mass is 15.3. The third-order valence-corrected chi connectivity index (χ3v) is 3.73. The first-order valence-electron chi connectivity index (χ1n) is 6.77. The molecular formula is C16H19N3. The zero-order valence-electron chi connectivity index (χ0n) is 11.5. The number of piperidine rings is 1. The van der Waals surface area contributed by atoms with Crippen LogP contribution in [0.1, 0.15) is 32.3 Å². The second-order valence-electron chi connectivity index (χ2n) is 5.23. The minimum absolute atomic E-state index is 0.263. The van der Waals surface area contributed by atoms with E-state index in [-0.39, 0.29) is 6.17 Å². The standard InChI is InChI=1S/C16H19N3/c1-12-9-13(2)18-16-15(12)6-4-8-19(16)11-14-5-3-7-17-10-14/h3,5,7,9-10,16,18H,4,6,11H2,1-2H3. The number of pyridine rings is 1. The number of hydrogen-bond donors (Lipinski definition) is 1. The van der Waals surface area contributed by atoms with E-state index >= 15 is 0 Å². The van der Waals surface area contributed by atoms with Gasteiger partial charge in [-0.1, -0.05) is 6.07 Å². The average Bonchev–Trinajstić information content (AvgIpc) is 2.41. The highest BCUT2D eigenvalue weighted by Gasteiger charge is 2.30. The van der Waals surface area contributed by atoms with Gasteiger partial charge in [0.15, 0.2) is 0 Å². The molecule has 0 amide bonds. The highest BCUT2D eigenvalue weighted by Crippen LogP contribution is 2.31. The number of allylic oxidation sites excluding steroid dienone is 3. The molecule has 0 saturated carbocycles. The molecule has 0 aliphatic carbocycles. The van der Waals surface area contributed by atoms with Gasteiger partial charge in [0, 0.05) is 24.6 Å². The zero-order valence-corrected chi connectivity index (χ0v) is 11.5. The van der Waals surface area contributed by atoms with Gasteiger partial charge in [-0.15, -0.1) is 0 Å². The lowest BCUT2D eigenvalue weighted by Gasteiger charge is -2.40. The van der Waals surface area contributed by atoms with E-state index in [0.29, 0.717) is 0 Å². The smallest absolute Gasteiger partial charge is 0.103 e. The Morgan fingerprint density at radius 1 is 1.47 bits per heavy atom. The first-order chi connectivity index (χ1) is 9.24. The molecule has 0 bridgehead atoms. The van der Waals surface area contributed by atoms with Gasteiger partial charge in [-0.05, 0) is 55.5 Å². The van der Waals surface area contributed by atoms with E-state index in [1.54, 1.807) is 0 Å². The van der Waals surface area contributed by atoms with Gasteiger partial charge in [-0.2, -0.15) is 0 Å². The predicted molar refractivity (Wildman–Crippen MR) is 75.6 cm³/mol. The van der Waals surface area contributed by atoms with E-state index < -0.39 is 0 Å². The van der Waals surface area contributed by atoms with Crippen LogP contribution >= 0.6 is 0 Å². The Morgan fingerprint density at radius 3 is 3.16 bits per heavy atom. The molecule has 3 heterocycles. The molecular weight excluding hydrogens is 234 g/mol. The third kappa shape index (κ3) is 2.56. The fourth-order valence-electron chi connectivity index (χ4n) is 2.84. The molecule has 2 aliphatic rings. The quantitative estimate of drug-likeness (QED) is 0.878. The Labute approximate surface area is 115 Å². The summed E-state index contributed by atoms with van der Waals surface area (Å²) >= 11 is 0. The molecule has 98 valence electrons. The second-order valence-corrected chi connectivity index (χ2v) is 5.23. The van der Waals surface area contributed by atoms with E-state index in [2.05, 4.69) is 47.7 Å². The lowest BCUT2D eigenvalue weighted by Crippen LogP contribution is -2.48. The molecule has 2 aliphatic heterocycles. The maximum atomic E-state index is 4.19. The van der Waals surface area contributed by atoms with Crippen LogP contribution in [0.4, 0.5) is 0 Å². The number of likely N-dealkylation sites (tertiary alicyclic amines) is 1. The van der Waals surface area contributed by atoms with Crippen LogP contribution in [-0.4, -0.2) is 16.0 Å². The van der Waals surface area contributed by atoms with Crippen LogP contribution in [0, 0.1) is 6.54 Å². The number of dihydropyridines is 1. The van der Waals surface area contributed by atoms with E-state index in [4.69, 9.17) is 0 Å². The number of aromatic nitrogens is 1. The molecule has 1 aromatic rings. The summed E-state index contributed by atoms with van der Waals surface area (Å²) in [5, 5.41) is 3.57. The lowest BCUT2D eigenvalue weighted by atomic mass is 9.92. The van der Waals surface area contributed by atoms with Gasteiger partial charge >= 0.3 is 0 Å². The van der Waals surface area contributed by atoms with Crippen molar-refractivity contribution in [1.82, 2.24) is 15.2 Å². The Kier molecular flexibility index (Phi) is 3.38. The van der Waals surface area contributed by atoms with Crippen molar-refractivity contribution in [3.05, 3.63) is 59.6 Å². The number of fused-ring (bicyclic) bond motifs is 1. The van der Waals surface area contributed by atoms with Crippen LogP contribution in [0.3, 0.4) is 0 Å². The van der Waals surface area contributed by atoms with Crippen LogP contribution < -0.4 is 5.32 Å². The number of nitrogens with one attached hydrogen (secondary N) is 1. The average molecular weight is 253 g/mol. The first kappa shape index (κ1) is 12.4. The topological polar surface area (TPSA) is 28.2 Å². The summed E-state index contributed by atoms with van der Waals surface area (Å²) in [6, 6.07) is 4.10. The van der Waals surface area contributed by atoms with Crippen molar-refractivity contribution in [1.29, 1.82) is 0 Å². The van der Waals surface area contributed by atoms with Crippen molar-refractivity contribution in [2.24, 2.45) is 0 Å². The fourth-order valence-corrected chi connectivity index (χ4v) is 2.84. The van der Waals surface area contributed by atoms with Crippen LogP contribution in [0.15, 0.2) is 47.4 Å². The van der Waals surface area contributed by atoms with Crippen molar-refractivity contribution in [3.63, 3.8) is 0 Å². The molecule has 1 aromatic heterocycles. The minimum Gasteiger partial charge on any atom is -0.370 e. The number of nitrogens with zero attached hydrogens (tertiary/aromatic N) is 2. The maximum Gasteiger partial charge on any atom is 0.103 e. The SMILES string of the molecule is CC1=CC(C)=C2CC[C]N(Cc3cccnc3)C2N1. The minimum atomic E-state index is 0.263. The third-order valence-electron chi connectivity index (χ3n) is 3.73. The molecule has 3 nitrogen and oxygen atoms in total. The summed E-state index contributed by atoms with van der Waals surface area (Å²) in [6.07, 6.45) is 8.35. The largest absolute Gasteiger partial charge is 0.370 e. The van der Waals surface area contributed by atoms with E-state index in [1.165, 1.54) is 22.4 Å². The summed E-state index contributed by atoms with van der Waals surface area (Å²) in [5.74, 6) is 0. The molecule has 0 aromatic carbocycles. The van der Waals surface area contributed by atoms with Gasteiger partial charge in [0.25, 0.3) is 0 Å². The van der Waals surface area contributed by atoms with Crippen LogP contribution in [0.25, 0.3) is 0 Å². The summed E-state index contributed by atoms with van der Waals surface area (Å²) in [7, 11) is 0. The molecule has 19 heavy (non-hydrogen) atoms. The molecule has 2 radical (unpaired) electrons. The monoisotopic (exact) mass is 253 g/mol. The molecule has 0 spiro atoms. The summed E-state index contributed by atoms with van der Waals surface area (Å²) in [6.45, 7) is 8.68. The van der Waals surface area contributed by atoms with Gasteiger partial charge in [0.2, 0.25) is 0 Å². The van der Waals surface area contributed by atoms with Crippen LogP contribution in [-0.2, 0) is 6.54 Å². The molecule has 3 rings (SSSR count). The van der Waals surface area contributed by atoms with E-state index in [0.717, 1.165) is 19.4 Å². The van der Waals surface area contributed by atoms with Gasteiger partial charge in [-0.3, -0.25) is 9.88 Å². The van der Waals surface area contributed by atoms with Gasteiger partial charge in [0.05, 0.1) is 6.54 Å². The Balaban J connectivity index is 1.82. The van der Waals surface area contributed by atoms with E-state index in [1.807, 2.05) is 18.5 Å². The Hall–Kier alpha value is -1.61. The number of hydrogen-bond acceptors (Lipinski definition) is 3. The summed E-state index contributed by atoms with van der Waals surface area (Å²) in [5.41, 5.74) is 5.35. The van der Waals surface area contributed by atoms with Gasteiger partial charge in [0.1, 0.15) is 6.17 Å². The summed E-state index contributed by atoms with van der Waals surface area (Å²) < 4.78 is 0. The second kappa shape index (κ2) is 5.17. The molecule has 1 fully saturated rings. The fraction of sp³-hybridized carbons (Fsp3) is 0.375. The lowest BCUT2D eigenvalue weighted by molar-refractivity contribution is 0.204. The Morgan fingerprint density at radius 2 is 2.37 bits per heavy atom. The van der Waals surface area contributed by atoms with Gasteiger partial charge in [-0.25, -0.2) is 0 Å².